The molecule has 1 saturated carbocycles. The lowest BCUT2D eigenvalue weighted by atomic mass is 9.67. The topological polar surface area (TPSA) is 177 Å². The molecule has 10 heteroatoms. The summed E-state index contributed by atoms with van der Waals surface area (Å²) in [4.78, 5) is 13.2. The second-order valence-corrected chi connectivity index (χ2v) is 8.31. The van der Waals surface area contributed by atoms with Gasteiger partial charge in [-0.1, -0.05) is 12.1 Å². The van der Waals surface area contributed by atoms with Gasteiger partial charge in [0.05, 0.1) is 48.6 Å². The second kappa shape index (κ2) is 8.47. The number of phenolic OH excluding ortho intramolecular Hbond substituents is 1. The van der Waals surface area contributed by atoms with Gasteiger partial charge < -0.3 is 45.2 Å². The van der Waals surface area contributed by atoms with E-state index in [9.17, 15) is 40.5 Å². The molecule has 10 unspecified atom stereocenters. The van der Waals surface area contributed by atoms with Crippen LogP contribution in [0.2, 0.25) is 0 Å². The van der Waals surface area contributed by atoms with Crippen LogP contribution >= 0.6 is 0 Å². The van der Waals surface area contributed by atoms with Crippen LogP contribution in [0.5, 0.6) is 5.75 Å². The summed E-state index contributed by atoms with van der Waals surface area (Å²) in [6, 6.07) is 5.88. The molecule has 2 aliphatic heterocycles. The lowest BCUT2D eigenvalue weighted by Crippen LogP contribution is -2.66. The summed E-state index contributed by atoms with van der Waals surface area (Å²) in [7, 11) is 0. The van der Waals surface area contributed by atoms with Crippen molar-refractivity contribution in [3.63, 3.8) is 0 Å². The van der Waals surface area contributed by atoms with Crippen LogP contribution in [0.15, 0.2) is 30.5 Å². The number of phenols is 1. The van der Waals surface area contributed by atoms with Gasteiger partial charge in [-0.05, 0) is 17.7 Å². The predicted molar refractivity (Wildman–Crippen MR) is 103 cm³/mol. The number of hydrogen-bond acceptors (Lipinski definition) is 10. The number of ether oxygens (including phenoxy) is 2. The Morgan fingerprint density at radius 1 is 0.903 bits per heavy atom. The molecule has 10 nitrogen and oxygen atoms in total. The fraction of sp³-hybridized carbons (Fsp3) is 0.571. The van der Waals surface area contributed by atoms with Crippen LogP contribution in [0.3, 0.4) is 0 Å². The molecule has 31 heavy (non-hydrogen) atoms. The van der Waals surface area contributed by atoms with Crippen molar-refractivity contribution in [3.05, 3.63) is 36.1 Å². The first-order valence-corrected chi connectivity index (χ1v) is 10.1. The molecule has 170 valence electrons. The van der Waals surface area contributed by atoms with Crippen molar-refractivity contribution in [2.24, 2.45) is 11.8 Å². The summed E-state index contributed by atoms with van der Waals surface area (Å²) in [5.41, 5.74) is 0.660. The van der Waals surface area contributed by atoms with Gasteiger partial charge in [0.15, 0.2) is 5.78 Å². The molecule has 1 saturated heterocycles. The second-order valence-electron chi connectivity index (χ2n) is 8.31. The van der Waals surface area contributed by atoms with E-state index in [1.54, 1.807) is 0 Å². The van der Waals surface area contributed by atoms with Crippen molar-refractivity contribution < 1.29 is 50.0 Å². The zero-order valence-corrected chi connectivity index (χ0v) is 16.4. The van der Waals surface area contributed by atoms with E-state index >= 15 is 0 Å². The molecular weight excluding hydrogens is 412 g/mol. The number of carbonyl (C=O) groups excluding carboxylic acids is 1. The number of allylic oxidation sites excluding steroid dienone is 1. The highest BCUT2D eigenvalue weighted by Gasteiger charge is 2.57. The number of benzene rings is 1. The first-order chi connectivity index (χ1) is 14.7. The van der Waals surface area contributed by atoms with Crippen molar-refractivity contribution in [1.82, 2.24) is 0 Å². The smallest absolute Gasteiger partial charge is 0.175 e. The highest BCUT2D eigenvalue weighted by Crippen LogP contribution is 2.43. The Kier molecular flexibility index (Phi) is 6.05. The normalized spacial score (nSPS) is 43.0. The number of ketones is 1. The number of carbonyl (C=O) groups is 1. The van der Waals surface area contributed by atoms with Gasteiger partial charge in [0, 0.05) is 6.42 Å². The molecule has 10 atom stereocenters. The van der Waals surface area contributed by atoms with E-state index in [1.807, 2.05) is 0 Å². The maximum atomic E-state index is 13.2. The van der Waals surface area contributed by atoms with E-state index in [1.165, 1.54) is 30.5 Å². The molecule has 0 spiro atoms. The van der Waals surface area contributed by atoms with Crippen molar-refractivity contribution in [3.8, 4) is 5.75 Å². The number of Topliss-reactive ketones (excluding diaryl/α,β-unsaturated/α-hetero) is 1. The van der Waals surface area contributed by atoms with Crippen molar-refractivity contribution in [2.75, 3.05) is 6.61 Å². The SMILES string of the molecule is O=C1C(c2ccc(O)cc2)=COC2C1C(O)CC(O)C2C1OC(CO)C(O)C(O)C1O. The molecule has 2 fully saturated rings. The lowest BCUT2D eigenvalue weighted by Gasteiger charge is -2.50. The van der Waals surface area contributed by atoms with Gasteiger partial charge in [-0.2, -0.15) is 0 Å². The van der Waals surface area contributed by atoms with E-state index in [-0.39, 0.29) is 17.7 Å². The largest absolute Gasteiger partial charge is 0.508 e. The van der Waals surface area contributed by atoms with E-state index in [0.29, 0.717) is 5.56 Å². The quantitative estimate of drug-likeness (QED) is 0.277. The van der Waals surface area contributed by atoms with Crippen LogP contribution in [0, 0.1) is 11.8 Å². The Bertz CT molecular complexity index is 837. The van der Waals surface area contributed by atoms with Gasteiger partial charge in [0.25, 0.3) is 0 Å². The van der Waals surface area contributed by atoms with Crippen LogP contribution in [0.25, 0.3) is 5.57 Å². The third-order valence-electron chi connectivity index (χ3n) is 6.47. The minimum Gasteiger partial charge on any atom is -0.508 e. The average Bonchev–Trinajstić information content (AvgIpc) is 2.74. The Morgan fingerprint density at radius 3 is 2.23 bits per heavy atom. The molecule has 1 aliphatic carbocycles. The molecule has 1 aromatic carbocycles. The fourth-order valence-corrected chi connectivity index (χ4v) is 4.82. The van der Waals surface area contributed by atoms with E-state index < -0.39 is 73.1 Å². The number of aromatic hydroxyl groups is 1. The first-order valence-electron chi connectivity index (χ1n) is 10.1. The predicted octanol–water partition coefficient (Wildman–Crippen LogP) is -2.10. The van der Waals surface area contributed by atoms with Crippen molar-refractivity contribution in [1.29, 1.82) is 0 Å². The van der Waals surface area contributed by atoms with E-state index in [0.717, 1.165) is 0 Å². The van der Waals surface area contributed by atoms with Gasteiger partial charge in [-0.3, -0.25) is 4.79 Å². The molecule has 0 amide bonds. The maximum absolute atomic E-state index is 13.2. The number of fused-ring (bicyclic) bond motifs is 1. The summed E-state index contributed by atoms with van der Waals surface area (Å²) < 4.78 is 11.4. The molecule has 0 radical (unpaired) electrons. The molecule has 0 bridgehead atoms. The van der Waals surface area contributed by atoms with Crippen molar-refractivity contribution in [2.45, 2.75) is 55.3 Å². The van der Waals surface area contributed by atoms with Crippen LogP contribution in [-0.2, 0) is 14.3 Å². The summed E-state index contributed by atoms with van der Waals surface area (Å²) >= 11 is 0. The Balaban J connectivity index is 1.67. The summed E-state index contributed by atoms with van der Waals surface area (Å²) in [5, 5.41) is 70.8. The minimum atomic E-state index is -1.64. The Hall–Kier alpha value is -2.05. The standard InChI is InChI=1S/C21H26O10/c22-6-13-17(27)18(28)19(29)21(31-13)15-12(25)5-11(24)14-16(26)10(7-30-20(14)15)8-1-3-9(23)4-2-8/h1-4,7,11-15,17-25,27-29H,5-6H2. The third kappa shape index (κ3) is 3.74. The summed E-state index contributed by atoms with van der Waals surface area (Å²) in [6.45, 7) is -0.633. The molecule has 3 aliphatic rings. The van der Waals surface area contributed by atoms with E-state index in [2.05, 4.69) is 0 Å². The van der Waals surface area contributed by atoms with Gasteiger partial charge in [-0.25, -0.2) is 0 Å². The zero-order chi connectivity index (χ0) is 22.4. The molecule has 2 heterocycles. The average molecular weight is 438 g/mol. The van der Waals surface area contributed by atoms with Gasteiger partial charge in [0.1, 0.15) is 36.3 Å². The van der Waals surface area contributed by atoms with Gasteiger partial charge in [0.2, 0.25) is 0 Å². The van der Waals surface area contributed by atoms with Crippen LogP contribution in [0.4, 0.5) is 0 Å². The highest BCUT2D eigenvalue weighted by molar-refractivity contribution is 6.22. The lowest BCUT2D eigenvalue weighted by molar-refractivity contribution is -0.266. The van der Waals surface area contributed by atoms with Crippen molar-refractivity contribution >= 4 is 11.4 Å². The molecular formula is C21H26O10. The minimum absolute atomic E-state index is 0.0231. The summed E-state index contributed by atoms with van der Waals surface area (Å²) in [5.74, 6) is -2.51. The number of aliphatic hydroxyl groups is 6. The first kappa shape index (κ1) is 22.2. The van der Waals surface area contributed by atoms with Gasteiger partial charge >= 0.3 is 0 Å². The zero-order valence-electron chi connectivity index (χ0n) is 16.4. The van der Waals surface area contributed by atoms with Crippen LogP contribution in [0.1, 0.15) is 12.0 Å². The number of hydrogen-bond donors (Lipinski definition) is 7. The monoisotopic (exact) mass is 438 g/mol. The van der Waals surface area contributed by atoms with Crippen LogP contribution in [-0.4, -0.2) is 97.0 Å². The third-order valence-corrected chi connectivity index (χ3v) is 6.47. The molecule has 0 aromatic heterocycles. The van der Waals surface area contributed by atoms with Gasteiger partial charge in [-0.15, -0.1) is 0 Å². The highest BCUT2D eigenvalue weighted by atomic mass is 16.5. The summed E-state index contributed by atoms with van der Waals surface area (Å²) in [6.07, 6.45) is -9.79. The molecule has 7 N–H and O–H groups in total. The maximum Gasteiger partial charge on any atom is 0.175 e. The molecule has 1 aromatic rings. The fourth-order valence-electron chi connectivity index (χ4n) is 4.82. The molecule has 4 rings (SSSR count). The Morgan fingerprint density at radius 2 is 1.58 bits per heavy atom. The van der Waals surface area contributed by atoms with E-state index in [4.69, 9.17) is 9.47 Å². The van der Waals surface area contributed by atoms with Crippen LogP contribution < -0.4 is 0 Å². The number of aliphatic hydroxyl groups excluding tert-OH is 6. The Labute approximate surface area is 177 Å². The number of rotatable bonds is 3.